The summed E-state index contributed by atoms with van der Waals surface area (Å²) in [6.45, 7) is 7.50. The minimum absolute atomic E-state index is 0.489. The zero-order valence-electron chi connectivity index (χ0n) is 23.4. The van der Waals surface area contributed by atoms with Gasteiger partial charge in [-0.2, -0.15) is 0 Å². The van der Waals surface area contributed by atoms with Crippen molar-refractivity contribution in [1.82, 2.24) is 39.2 Å². The molecule has 0 radical (unpaired) electrons. The second-order valence-electron chi connectivity index (χ2n) is 12.6. The van der Waals surface area contributed by atoms with Crippen molar-refractivity contribution in [2.24, 2.45) is 23.2 Å². The number of imidazole rings is 1. The van der Waals surface area contributed by atoms with E-state index >= 15 is 0 Å². The minimum atomic E-state index is 0.489. The SMILES string of the molecule is CC1CC2CC(C)CC(CNCc3ccc4nc(Cn5cc(-c6cncc(-n7cccc7)c6)nn5)cn4c3)(C1)C2. The van der Waals surface area contributed by atoms with Crippen molar-refractivity contribution in [3.63, 3.8) is 0 Å². The third-order valence-electron chi connectivity index (χ3n) is 8.93. The van der Waals surface area contributed by atoms with E-state index in [1.807, 2.05) is 52.4 Å². The number of nitrogens with zero attached hydrogens (tertiary/aromatic N) is 7. The number of nitrogens with one attached hydrogen (secondary N) is 1. The van der Waals surface area contributed by atoms with Crippen LogP contribution in [0.25, 0.3) is 22.6 Å². The first kappa shape index (κ1) is 25.2. The topological polar surface area (TPSA) is 77.9 Å². The van der Waals surface area contributed by atoms with E-state index in [0.717, 1.165) is 59.1 Å². The Hall–Kier alpha value is -3.78. The smallest absolute Gasteiger partial charge is 0.137 e. The normalized spacial score (nSPS) is 24.5. The number of aromatic nitrogens is 7. The predicted octanol–water partition coefficient (Wildman–Crippen LogP) is 5.77. The molecule has 7 rings (SSSR count). The third-order valence-corrected chi connectivity index (χ3v) is 8.93. The molecule has 0 saturated heterocycles. The Morgan fingerprint density at radius 2 is 1.80 bits per heavy atom. The highest BCUT2D eigenvalue weighted by atomic mass is 15.4. The lowest BCUT2D eigenvalue weighted by molar-refractivity contribution is 0.0183. The fraction of sp³-hybridized carbons (Fsp3) is 0.438. The van der Waals surface area contributed by atoms with Crippen LogP contribution in [0.5, 0.6) is 0 Å². The van der Waals surface area contributed by atoms with Gasteiger partial charge < -0.3 is 14.3 Å². The Balaban J connectivity index is 1.00. The molecule has 0 aliphatic heterocycles. The highest BCUT2D eigenvalue weighted by Gasteiger charge is 2.43. The van der Waals surface area contributed by atoms with Gasteiger partial charge in [-0.3, -0.25) is 4.98 Å². The van der Waals surface area contributed by atoms with E-state index in [-0.39, 0.29) is 0 Å². The molecule has 2 fully saturated rings. The molecule has 5 aromatic heterocycles. The molecule has 2 aliphatic carbocycles. The van der Waals surface area contributed by atoms with Crippen LogP contribution < -0.4 is 5.32 Å². The minimum Gasteiger partial charge on any atom is -0.322 e. The first-order chi connectivity index (χ1) is 19.5. The van der Waals surface area contributed by atoms with Crippen molar-refractivity contribution in [3.8, 4) is 16.9 Å². The van der Waals surface area contributed by atoms with Crippen molar-refractivity contribution >= 4 is 5.65 Å². The molecule has 1 N–H and O–H groups in total. The quantitative estimate of drug-likeness (QED) is 0.274. The number of hydrogen-bond acceptors (Lipinski definition) is 5. The van der Waals surface area contributed by atoms with Crippen LogP contribution in [0.3, 0.4) is 0 Å². The van der Waals surface area contributed by atoms with Crippen LogP contribution in [0.4, 0.5) is 0 Å². The van der Waals surface area contributed by atoms with E-state index in [1.54, 1.807) is 0 Å². The van der Waals surface area contributed by atoms with E-state index in [2.05, 4.69) is 69.5 Å². The van der Waals surface area contributed by atoms with Gasteiger partial charge in [0.05, 0.1) is 30.3 Å². The maximum atomic E-state index is 4.83. The standard InChI is InChI=1S/C32H38N8/c1-23-9-26-10-24(2)13-32(12-23,14-26)22-34-15-25-5-6-31-35-28(19-39(31)18-25)20-40-21-30(36-37-40)27-11-29(17-33-16-27)38-7-3-4-8-38/h3-8,11,16-19,21,23-24,26,34H,9-10,12-15,20,22H2,1-2H3. The summed E-state index contributed by atoms with van der Waals surface area (Å²) < 4.78 is 6.00. The van der Waals surface area contributed by atoms with E-state index in [9.17, 15) is 0 Å². The Kier molecular flexibility index (Phi) is 6.50. The molecule has 40 heavy (non-hydrogen) atoms. The van der Waals surface area contributed by atoms with Crippen LogP contribution in [-0.4, -0.2) is 40.5 Å². The summed E-state index contributed by atoms with van der Waals surface area (Å²) in [6, 6.07) is 10.4. The van der Waals surface area contributed by atoms with Crippen LogP contribution in [0.2, 0.25) is 0 Å². The molecule has 8 nitrogen and oxygen atoms in total. The third kappa shape index (κ3) is 5.20. The molecule has 2 bridgehead atoms. The van der Waals surface area contributed by atoms with Gasteiger partial charge in [-0.1, -0.05) is 25.1 Å². The molecule has 5 aromatic rings. The Morgan fingerprint density at radius 3 is 2.62 bits per heavy atom. The molecule has 0 aromatic carbocycles. The van der Waals surface area contributed by atoms with E-state index < -0.39 is 0 Å². The lowest BCUT2D eigenvalue weighted by Gasteiger charge is -2.50. The highest BCUT2D eigenvalue weighted by Crippen LogP contribution is 2.52. The highest BCUT2D eigenvalue weighted by molar-refractivity contribution is 5.59. The first-order valence-electron chi connectivity index (χ1n) is 14.7. The van der Waals surface area contributed by atoms with Gasteiger partial charge in [0.1, 0.15) is 11.3 Å². The van der Waals surface area contributed by atoms with Crippen LogP contribution in [0.1, 0.15) is 57.2 Å². The van der Waals surface area contributed by atoms with Crippen LogP contribution in [0, 0.1) is 23.2 Å². The van der Waals surface area contributed by atoms with Gasteiger partial charge in [-0.25, -0.2) is 9.67 Å². The molecule has 2 atom stereocenters. The van der Waals surface area contributed by atoms with Crippen molar-refractivity contribution in [2.75, 3.05) is 6.54 Å². The summed E-state index contributed by atoms with van der Waals surface area (Å²) in [5, 5.41) is 12.6. The van der Waals surface area contributed by atoms with E-state index in [4.69, 9.17) is 4.98 Å². The molecule has 5 heterocycles. The number of pyridine rings is 2. The Bertz CT molecular complexity index is 1580. The van der Waals surface area contributed by atoms with E-state index in [1.165, 1.54) is 37.7 Å². The molecule has 0 amide bonds. The molecule has 2 saturated carbocycles. The van der Waals surface area contributed by atoms with Crippen molar-refractivity contribution in [2.45, 2.75) is 59.0 Å². The van der Waals surface area contributed by atoms with Gasteiger partial charge in [0.25, 0.3) is 0 Å². The summed E-state index contributed by atoms with van der Waals surface area (Å²) in [7, 11) is 0. The second-order valence-corrected chi connectivity index (χ2v) is 12.6. The van der Waals surface area contributed by atoms with Gasteiger partial charge in [0.15, 0.2) is 0 Å². The molecular formula is C32H38N8. The molecule has 8 heteroatoms. The maximum Gasteiger partial charge on any atom is 0.137 e. The molecule has 2 unspecified atom stereocenters. The molecule has 0 spiro atoms. The lowest BCUT2D eigenvalue weighted by atomic mass is 9.57. The van der Waals surface area contributed by atoms with Crippen LogP contribution >= 0.6 is 0 Å². The molecule has 206 valence electrons. The van der Waals surface area contributed by atoms with Gasteiger partial charge >= 0.3 is 0 Å². The maximum absolute atomic E-state index is 4.83. The zero-order valence-corrected chi connectivity index (χ0v) is 23.4. The van der Waals surface area contributed by atoms with Crippen molar-refractivity contribution in [1.29, 1.82) is 0 Å². The molecule has 2 aliphatic rings. The van der Waals surface area contributed by atoms with Gasteiger partial charge in [-0.15, -0.1) is 5.10 Å². The average molecular weight is 535 g/mol. The summed E-state index contributed by atoms with van der Waals surface area (Å²) in [5.74, 6) is 2.66. The second kappa shape index (κ2) is 10.3. The fourth-order valence-electron chi connectivity index (χ4n) is 7.76. The largest absolute Gasteiger partial charge is 0.322 e. The molecular weight excluding hydrogens is 496 g/mol. The zero-order chi connectivity index (χ0) is 27.1. The average Bonchev–Trinajstić information content (AvgIpc) is 3.69. The lowest BCUT2D eigenvalue weighted by Crippen LogP contribution is -2.45. The summed E-state index contributed by atoms with van der Waals surface area (Å²) in [5.41, 5.74) is 6.41. The van der Waals surface area contributed by atoms with Crippen molar-refractivity contribution < 1.29 is 0 Å². The fourth-order valence-corrected chi connectivity index (χ4v) is 7.76. The number of hydrogen-bond donors (Lipinski definition) is 1. The first-order valence-corrected chi connectivity index (χ1v) is 14.7. The summed E-state index contributed by atoms with van der Waals surface area (Å²) in [6.07, 6.45) is 21.0. The Labute approximate surface area is 235 Å². The summed E-state index contributed by atoms with van der Waals surface area (Å²) in [4.78, 5) is 9.23. The monoisotopic (exact) mass is 534 g/mol. The Morgan fingerprint density at radius 1 is 0.975 bits per heavy atom. The van der Waals surface area contributed by atoms with Gasteiger partial charge in [0, 0.05) is 49.6 Å². The van der Waals surface area contributed by atoms with Crippen molar-refractivity contribution in [3.05, 3.63) is 85.0 Å². The van der Waals surface area contributed by atoms with Gasteiger partial charge in [-0.05, 0) is 85.1 Å². The predicted molar refractivity (Wildman–Crippen MR) is 156 cm³/mol. The summed E-state index contributed by atoms with van der Waals surface area (Å²) >= 11 is 0. The van der Waals surface area contributed by atoms with Gasteiger partial charge in [0.2, 0.25) is 0 Å². The van der Waals surface area contributed by atoms with Crippen LogP contribution in [-0.2, 0) is 13.1 Å². The number of fused-ring (bicyclic) bond motifs is 3. The van der Waals surface area contributed by atoms with Crippen LogP contribution in [0.15, 0.2) is 73.7 Å². The van der Waals surface area contributed by atoms with E-state index in [0.29, 0.717) is 12.0 Å². The number of rotatable bonds is 8.